The van der Waals surface area contributed by atoms with Crippen molar-refractivity contribution >= 4 is 17.1 Å². The molecule has 2 rings (SSSR count). The number of aryl methyl sites for hydroxylation is 1. The Kier molecular flexibility index (Phi) is 1.57. The van der Waals surface area contributed by atoms with Crippen LogP contribution in [-0.4, -0.2) is 5.78 Å². The number of hydrogen-bond donors (Lipinski definition) is 0. The largest absolute Gasteiger partial charge is 0.299 e. The molecule has 1 nitrogen and oxygen atoms in total. The zero-order valence-corrected chi connectivity index (χ0v) is 7.33. The van der Waals surface area contributed by atoms with Crippen LogP contribution in [0.2, 0.25) is 0 Å². The summed E-state index contributed by atoms with van der Waals surface area (Å²) in [5.74, 6) is 0.398. The molecule has 1 aliphatic rings. The van der Waals surface area contributed by atoms with Crippen molar-refractivity contribution in [1.29, 1.82) is 0 Å². The van der Waals surface area contributed by atoms with Crippen molar-refractivity contribution in [2.75, 3.05) is 0 Å². The first-order valence-corrected chi connectivity index (χ1v) is 4.73. The lowest BCUT2D eigenvalue weighted by Crippen LogP contribution is -2.11. The van der Waals surface area contributed by atoms with Crippen molar-refractivity contribution in [3.8, 4) is 0 Å². The van der Waals surface area contributed by atoms with Gasteiger partial charge in [-0.2, -0.15) is 0 Å². The van der Waals surface area contributed by atoms with E-state index in [1.165, 1.54) is 16.0 Å². The Hall–Kier alpha value is -0.630. The lowest BCUT2D eigenvalue weighted by Gasteiger charge is -2.10. The highest BCUT2D eigenvalue weighted by Crippen LogP contribution is 2.27. The van der Waals surface area contributed by atoms with E-state index in [9.17, 15) is 4.79 Å². The Balaban J connectivity index is 2.44. The normalized spacial score (nSPS) is 16.6. The van der Waals surface area contributed by atoms with Gasteiger partial charge in [0.2, 0.25) is 0 Å². The number of Topliss-reactive ketones (excluding diaryl/α,β-unsaturated/α-hetero) is 1. The Bertz CT molecular complexity index is 299. The van der Waals surface area contributed by atoms with Crippen molar-refractivity contribution in [2.24, 2.45) is 0 Å². The summed E-state index contributed by atoms with van der Waals surface area (Å²) in [6, 6.07) is 0. The van der Waals surface area contributed by atoms with Crippen LogP contribution in [0.15, 0.2) is 5.38 Å². The molecule has 58 valence electrons. The SMILES string of the molecule is Cc1scc2c1CCC(=O)C2. The fraction of sp³-hybridized carbons (Fsp3) is 0.444. The fourth-order valence-electron chi connectivity index (χ4n) is 1.58. The first-order valence-electron chi connectivity index (χ1n) is 3.85. The van der Waals surface area contributed by atoms with Gasteiger partial charge in [0.15, 0.2) is 0 Å². The Morgan fingerprint density at radius 3 is 3.09 bits per heavy atom. The van der Waals surface area contributed by atoms with Crippen molar-refractivity contribution in [1.82, 2.24) is 0 Å². The van der Waals surface area contributed by atoms with Crippen LogP contribution in [0.1, 0.15) is 22.4 Å². The number of carbonyl (C=O) groups is 1. The molecule has 1 aromatic rings. The van der Waals surface area contributed by atoms with Crippen molar-refractivity contribution in [3.05, 3.63) is 21.4 Å². The molecule has 0 fully saturated rings. The van der Waals surface area contributed by atoms with Gasteiger partial charge in [0.1, 0.15) is 5.78 Å². The van der Waals surface area contributed by atoms with E-state index in [1.807, 2.05) is 0 Å². The van der Waals surface area contributed by atoms with Crippen LogP contribution in [0.3, 0.4) is 0 Å². The van der Waals surface area contributed by atoms with Crippen LogP contribution in [0, 0.1) is 6.92 Å². The van der Waals surface area contributed by atoms with Crippen LogP contribution in [0.25, 0.3) is 0 Å². The summed E-state index contributed by atoms with van der Waals surface area (Å²) in [6.45, 7) is 2.14. The minimum atomic E-state index is 0.398. The number of fused-ring (bicyclic) bond motifs is 1. The number of carbonyl (C=O) groups excluding carboxylic acids is 1. The summed E-state index contributed by atoms with van der Waals surface area (Å²) < 4.78 is 0. The van der Waals surface area contributed by atoms with Gasteiger partial charge in [-0.3, -0.25) is 4.79 Å². The number of thiophene rings is 1. The highest BCUT2D eigenvalue weighted by molar-refractivity contribution is 7.10. The lowest BCUT2D eigenvalue weighted by atomic mass is 9.93. The predicted molar refractivity (Wildman–Crippen MR) is 46.1 cm³/mol. The molecular formula is C9H10OS. The second-order valence-electron chi connectivity index (χ2n) is 3.01. The van der Waals surface area contributed by atoms with Crippen LogP contribution in [-0.2, 0) is 17.6 Å². The summed E-state index contributed by atoms with van der Waals surface area (Å²) in [5, 5.41) is 2.13. The van der Waals surface area contributed by atoms with E-state index in [2.05, 4.69) is 12.3 Å². The average Bonchev–Trinajstić information content (AvgIpc) is 2.32. The Morgan fingerprint density at radius 1 is 1.45 bits per heavy atom. The van der Waals surface area contributed by atoms with E-state index in [-0.39, 0.29) is 0 Å². The minimum Gasteiger partial charge on any atom is -0.299 e. The molecule has 1 aromatic heterocycles. The molecule has 0 N–H and O–H groups in total. The second-order valence-corrected chi connectivity index (χ2v) is 4.09. The molecule has 0 aliphatic heterocycles. The molecule has 11 heavy (non-hydrogen) atoms. The standard InChI is InChI=1S/C9H10OS/c1-6-9-3-2-8(10)4-7(9)5-11-6/h5H,2-4H2,1H3. The topological polar surface area (TPSA) is 17.1 Å². The highest BCUT2D eigenvalue weighted by Gasteiger charge is 2.17. The molecule has 0 amide bonds. The van der Waals surface area contributed by atoms with Gasteiger partial charge in [-0.25, -0.2) is 0 Å². The van der Waals surface area contributed by atoms with Crippen LogP contribution >= 0.6 is 11.3 Å². The molecule has 0 bridgehead atoms. The minimum absolute atomic E-state index is 0.398. The molecule has 1 heterocycles. The molecule has 0 spiro atoms. The van der Waals surface area contributed by atoms with Gasteiger partial charge < -0.3 is 0 Å². The molecule has 2 heteroatoms. The molecule has 0 saturated carbocycles. The Labute approximate surface area is 70.1 Å². The zero-order valence-electron chi connectivity index (χ0n) is 6.52. The summed E-state index contributed by atoms with van der Waals surface area (Å²) in [7, 11) is 0. The van der Waals surface area contributed by atoms with Gasteiger partial charge in [-0.1, -0.05) is 0 Å². The summed E-state index contributed by atoms with van der Waals surface area (Å²) in [5.41, 5.74) is 2.72. The third-order valence-corrected chi connectivity index (χ3v) is 3.23. The van der Waals surface area contributed by atoms with E-state index >= 15 is 0 Å². The maximum absolute atomic E-state index is 11.0. The molecule has 0 radical (unpaired) electrons. The van der Waals surface area contributed by atoms with E-state index in [1.54, 1.807) is 11.3 Å². The van der Waals surface area contributed by atoms with Gasteiger partial charge in [0, 0.05) is 17.7 Å². The quantitative estimate of drug-likeness (QED) is 0.577. The van der Waals surface area contributed by atoms with Gasteiger partial charge in [-0.05, 0) is 29.9 Å². The van der Waals surface area contributed by atoms with Gasteiger partial charge >= 0.3 is 0 Å². The van der Waals surface area contributed by atoms with Crippen molar-refractivity contribution < 1.29 is 4.79 Å². The predicted octanol–water partition coefficient (Wildman–Crippen LogP) is 2.11. The summed E-state index contributed by atoms with van der Waals surface area (Å²) >= 11 is 1.77. The van der Waals surface area contributed by atoms with E-state index in [0.29, 0.717) is 12.2 Å². The Morgan fingerprint density at radius 2 is 2.27 bits per heavy atom. The smallest absolute Gasteiger partial charge is 0.137 e. The first-order chi connectivity index (χ1) is 5.27. The first kappa shape index (κ1) is 7.04. The van der Waals surface area contributed by atoms with Crippen LogP contribution in [0.5, 0.6) is 0 Å². The number of rotatable bonds is 0. The average molecular weight is 166 g/mol. The molecule has 1 aliphatic carbocycles. The third kappa shape index (κ3) is 1.11. The third-order valence-electron chi connectivity index (χ3n) is 2.23. The molecule has 0 unspecified atom stereocenters. The van der Waals surface area contributed by atoms with Crippen LogP contribution < -0.4 is 0 Å². The monoisotopic (exact) mass is 166 g/mol. The lowest BCUT2D eigenvalue weighted by molar-refractivity contribution is -0.118. The second kappa shape index (κ2) is 2.45. The molecule has 0 saturated heterocycles. The summed E-state index contributed by atoms with van der Waals surface area (Å²) in [4.78, 5) is 12.4. The number of ketones is 1. The zero-order chi connectivity index (χ0) is 7.84. The van der Waals surface area contributed by atoms with Gasteiger partial charge in [0.05, 0.1) is 0 Å². The van der Waals surface area contributed by atoms with Gasteiger partial charge in [-0.15, -0.1) is 11.3 Å². The summed E-state index contributed by atoms with van der Waals surface area (Å²) in [6.07, 6.45) is 2.41. The maximum atomic E-state index is 11.0. The number of hydrogen-bond acceptors (Lipinski definition) is 2. The van der Waals surface area contributed by atoms with Crippen molar-refractivity contribution in [2.45, 2.75) is 26.2 Å². The maximum Gasteiger partial charge on any atom is 0.137 e. The molecule has 0 atom stereocenters. The van der Waals surface area contributed by atoms with Crippen LogP contribution in [0.4, 0.5) is 0 Å². The van der Waals surface area contributed by atoms with E-state index < -0.39 is 0 Å². The highest BCUT2D eigenvalue weighted by atomic mass is 32.1. The van der Waals surface area contributed by atoms with Crippen molar-refractivity contribution in [3.63, 3.8) is 0 Å². The van der Waals surface area contributed by atoms with Gasteiger partial charge in [0.25, 0.3) is 0 Å². The molecular weight excluding hydrogens is 156 g/mol. The van der Waals surface area contributed by atoms with E-state index in [4.69, 9.17) is 0 Å². The molecule has 0 aromatic carbocycles. The fourth-order valence-corrected chi connectivity index (χ4v) is 2.50. The van der Waals surface area contributed by atoms with E-state index in [0.717, 1.165) is 12.8 Å².